The van der Waals surface area contributed by atoms with E-state index >= 15 is 0 Å². The van der Waals surface area contributed by atoms with Gasteiger partial charge in [-0.1, -0.05) is 45.0 Å². The molecule has 6 aromatic rings. The summed E-state index contributed by atoms with van der Waals surface area (Å²) < 4.78 is 0. The summed E-state index contributed by atoms with van der Waals surface area (Å²) in [7, 11) is 0. The van der Waals surface area contributed by atoms with Gasteiger partial charge < -0.3 is 0 Å². The second-order valence-electron chi connectivity index (χ2n) is 10.3. The number of aryl methyl sites for hydroxylation is 1. The van der Waals surface area contributed by atoms with Gasteiger partial charge in [0, 0.05) is 56.7 Å². The number of rotatable bonds is 3. The summed E-state index contributed by atoms with van der Waals surface area (Å²) in [5.41, 5.74) is 8.18. The summed E-state index contributed by atoms with van der Waals surface area (Å²) in [5.74, 6) is 0. The fourth-order valence-corrected chi connectivity index (χ4v) is 3.77. The molecule has 6 aromatic heterocycles. The molecule has 0 atom stereocenters. The first-order valence-electron chi connectivity index (χ1n) is 13.4. The first kappa shape index (κ1) is 32.0. The largest absolute Gasteiger partial charge is 0.255 e. The molecule has 0 amide bonds. The Morgan fingerprint density at radius 2 is 0.762 bits per heavy atom. The van der Waals surface area contributed by atoms with Crippen LogP contribution in [0.25, 0.3) is 34.2 Å². The van der Waals surface area contributed by atoms with Crippen LogP contribution in [-0.2, 0) is 24.9 Å². The van der Waals surface area contributed by atoms with Crippen LogP contribution < -0.4 is 0 Å². The predicted octanol–water partition coefficient (Wildman–Crippen LogP) is 8.03. The first-order chi connectivity index (χ1) is 19.9. The molecule has 0 aliphatic carbocycles. The van der Waals surface area contributed by atoms with Crippen molar-refractivity contribution in [3.63, 3.8) is 0 Å². The van der Waals surface area contributed by atoms with Crippen molar-refractivity contribution in [2.45, 2.75) is 33.1 Å². The van der Waals surface area contributed by atoms with E-state index in [1.54, 1.807) is 24.8 Å². The van der Waals surface area contributed by atoms with Crippen molar-refractivity contribution in [3.05, 3.63) is 145 Å². The Labute approximate surface area is 261 Å². The zero-order valence-electron chi connectivity index (χ0n) is 24.2. The molecule has 0 saturated carbocycles. The molecule has 0 aliphatic heterocycles. The van der Waals surface area contributed by atoms with Crippen molar-refractivity contribution < 1.29 is 19.5 Å². The van der Waals surface area contributed by atoms with Crippen LogP contribution in [0.4, 0.5) is 0 Å². The van der Waals surface area contributed by atoms with Crippen LogP contribution >= 0.6 is 0 Å². The minimum atomic E-state index is 0. The van der Waals surface area contributed by atoms with E-state index in [0.717, 1.165) is 34.2 Å². The van der Waals surface area contributed by atoms with E-state index in [0.29, 0.717) is 0 Å². The molecule has 0 radical (unpaired) electrons. The molecule has 42 heavy (non-hydrogen) atoms. The molecule has 6 rings (SSSR count). The Balaban J connectivity index is 0.000000175. The minimum absolute atomic E-state index is 0. The zero-order valence-corrected chi connectivity index (χ0v) is 26.0. The van der Waals surface area contributed by atoms with Gasteiger partial charge in [0.25, 0.3) is 0 Å². The van der Waals surface area contributed by atoms with Crippen molar-refractivity contribution in [2.24, 2.45) is 0 Å². The number of nitrogens with zero attached hydrogens (tertiary/aromatic N) is 6. The molecule has 0 fully saturated rings. The third kappa shape index (κ3) is 9.86. The third-order valence-electron chi connectivity index (χ3n) is 5.99. The molecule has 0 unspecified atom stereocenters. The normalized spacial score (nSPS) is 10.2. The summed E-state index contributed by atoms with van der Waals surface area (Å²) in [6.45, 7) is 8.68. The maximum atomic E-state index is 4.40. The van der Waals surface area contributed by atoms with Gasteiger partial charge in [0.15, 0.2) is 0 Å². The van der Waals surface area contributed by atoms with Crippen LogP contribution in [0.3, 0.4) is 0 Å². The Kier molecular flexibility index (Phi) is 12.3. The second kappa shape index (κ2) is 16.1. The van der Waals surface area contributed by atoms with Crippen LogP contribution in [0, 0.1) is 6.92 Å². The topological polar surface area (TPSA) is 77.3 Å². The van der Waals surface area contributed by atoms with Crippen LogP contribution in [0.2, 0.25) is 0 Å². The molecule has 0 spiro atoms. The van der Waals surface area contributed by atoms with Crippen molar-refractivity contribution in [1.82, 2.24) is 29.9 Å². The standard InChI is InChI=1S/C15H18N2.2C10H8N2.Ru/c1-11-5-7-16-13(9-11)14-10-12(6-8-17-14)15(2,3)4;2*1-3-7-11-9(5-1)10-6-2-4-8-12-10;/h5-10H,1-4H3;2*1-8H;. The van der Waals surface area contributed by atoms with Crippen LogP contribution in [0.15, 0.2) is 134 Å². The number of hydrogen-bond donors (Lipinski definition) is 0. The van der Waals surface area contributed by atoms with Gasteiger partial charge in [-0.3, -0.25) is 29.9 Å². The Morgan fingerprint density at radius 1 is 0.405 bits per heavy atom. The number of aromatic nitrogens is 6. The molecular formula is C35H34N6Ru. The molecule has 0 aromatic carbocycles. The summed E-state index contributed by atoms with van der Waals surface area (Å²) in [4.78, 5) is 25.5. The van der Waals surface area contributed by atoms with Crippen LogP contribution in [0.1, 0.15) is 31.9 Å². The summed E-state index contributed by atoms with van der Waals surface area (Å²) in [6.07, 6.45) is 10.8. The van der Waals surface area contributed by atoms with Crippen molar-refractivity contribution >= 4 is 0 Å². The average molecular weight is 640 g/mol. The van der Waals surface area contributed by atoms with E-state index in [9.17, 15) is 0 Å². The zero-order chi connectivity index (χ0) is 28.9. The maximum absolute atomic E-state index is 4.40. The van der Waals surface area contributed by atoms with Gasteiger partial charge in [-0.25, -0.2) is 0 Å². The van der Waals surface area contributed by atoms with Crippen molar-refractivity contribution in [3.8, 4) is 34.2 Å². The van der Waals surface area contributed by atoms with E-state index in [4.69, 9.17) is 0 Å². The molecule has 0 aliphatic rings. The van der Waals surface area contributed by atoms with Gasteiger partial charge >= 0.3 is 0 Å². The first-order valence-corrected chi connectivity index (χ1v) is 13.4. The van der Waals surface area contributed by atoms with Crippen molar-refractivity contribution in [2.75, 3.05) is 0 Å². The third-order valence-corrected chi connectivity index (χ3v) is 5.99. The van der Waals surface area contributed by atoms with E-state index in [2.05, 4.69) is 75.8 Å². The maximum Gasteiger partial charge on any atom is 0.0889 e. The SMILES string of the molecule is Cc1ccnc(-c2cc(C(C)(C)C)ccn2)c1.[Ru].c1ccc(-c2ccccn2)nc1.c1ccc(-c2ccccn2)nc1. The van der Waals surface area contributed by atoms with E-state index in [-0.39, 0.29) is 24.9 Å². The van der Waals surface area contributed by atoms with E-state index in [1.807, 2.05) is 91.3 Å². The van der Waals surface area contributed by atoms with Gasteiger partial charge in [0.05, 0.1) is 34.2 Å². The molecule has 6 heterocycles. The molecule has 0 N–H and O–H groups in total. The Morgan fingerprint density at radius 3 is 1.10 bits per heavy atom. The van der Waals surface area contributed by atoms with Gasteiger partial charge in [-0.2, -0.15) is 0 Å². The molecule has 6 nitrogen and oxygen atoms in total. The molecule has 212 valence electrons. The Hall–Kier alpha value is -4.48. The van der Waals surface area contributed by atoms with Gasteiger partial charge in [-0.05, 0) is 96.3 Å². The van der Waals surface area contributed by atoms with E-state index in [1.165, 1.54) is 11.1 Å². The number of pyridine rings is 6. The van der Waals surface area contributed by atoms with Crippen LogP contribution in [0.5, 0.6) is 0 Å². The second-order valence-corrected chi connectivity index (χ2v) is 10.3. The monoisotopic (exact) mass is 640 g/mol. The fourth-order valence-electron chi connectivity index (χ4n) is 3.77. The molecular weight excluding hydrogens is 605 g/mol. The predicted molar refractivity (Wildman–Crippen MR) is 166 cm³/mol. The number of hydrogen-bond acceptors (Lipinski definition) is 6. The molecule has 0 bridgehead atoms. The summed E-state index contributed by atoms with van der Waals surface area (Å²) in [6, 6.07) is 31.4. The molecule has 7 heteroatoms. The molecule has 0 saturated heterocycles. The van der Waals surface area contributed by atoms with Gasteiger partial charge in [0.1, 0.15) is 0 Å². The van der Waals surface area contributed by atoms with Crippen molar-refractivity contribution in [1.29, 1.82) is 0 Å². The van der Waals surface area contributed by atoms with E-state index < -0.39 is 0 Å². The smallest absolute Gasteiger partial charge is 0.0889 e. The van der Waals surface area contributed by atoms with Gasteiger partial charge in [0.2, 0.25) is 0 Å². The quantitative estimate of drug-likeness (QED) is 0.183. The van der Waals surface area contributed by atoms with Crippen LogP contribution in [-0.4, -0.2) is 29.9 Å². The summed E-state index contributed by atoms with van der Waals surface area (Å²) >= 11 is 0. The Bertz CT molecular complexity index is 1460. The minimum Gasteiger partial charge on any atom is -0.255 e. The average Bonchev–Trinajstić information content (AvgIpc) is 3.03. The summed E-state index contributed by atoms with van der Waals surface area (Å²) in [5, 5.41) is 0. The van der Waals surface area contributed by atoms with Gasteiger partial charge in [-0.15, -0.1) is 0 Å². The fraction of sp³-hybridized carbons (Fsp3) is 0.143.